The molecule has 0 amide bonds. The van der Waals surface area contributed by atoms with Crippen molar-refractivity contribution in [3.05, 3.63) is 36.5 Å². The van der Waals surface area contributed by atoms with E-state index in [1.807, 2.05) is 0 Å². The Morgan fingerprint density at radius 1 is 0.600 bits per heavy atom. The second kappa shape index (κ2) is 37.0. The molecule has 0 rings (SSSR count). The van der Waals surface area contributed by atoms with Gasteiger partial charge in [0, 0.05) is 19.4 Å². The minimum atomic E-state index is -4.38. The molecular formula is C40H74NO8P. The van der Waals surface area contributed by atoms with E-state index in [-0.39, 0.29) is 38.6 Å². The minimum absolute atomic E-state index is 0.0497. The quantitative estimate of drug-likeness (QED) is 0.0277. The van der Waals surface area contributed by atoms with Crippen LogP contribution in [0.25, 0.3) is 0 Å². The standard InChI is InChI=1S/C40H74NO8P/c1-3-5-7-9-11-13-15-17-18-19-20-21-23-25-27-29-31-33-40(43)49-38(37-48-50(44,45)47-35-34-41)36-46-39(42)32-30-28-26-24-22-16-14-12-10-8-6-4-2/h11,13,17-18,20-21,38H,3-10,12,14-16,19,22-37,41H2,1-2H3,(H,44,45)/b13-11+,18-17+,21-20+/t38-/m1/s1. The molecule has 0 bridgehead atoms. The van der Waals surface area contributed by atoms with Gasteiger partial charge in [-0.05, 0) is 51.4 Å². The lowest BCUT2D eigenvalue weighted by atomic mass is 10.0. The summed E-state index contributed by atoms with van der Waals surface area (Å²) in [6.07, 6.45) is 38.8. The predicted octanol–water partition coefficient (Wildman–Crippen LogP) is 11.0. The van der Waals surface area contributed by atoms with Gasteiger partial charge in [0.15, 0.2) is 6.10 Å². The molecule has 0 heterocycles. The zero-order valence-electron chi connectivity index (χ0n) is 31.9. The predicted molar refractivity (Wildman–Crippen MR) is 206 cm³/mol. The number of nitrogens with two attached hydrogens (primary N) is 1. The molecule has 292 valence electrons. The number of unbranched alkanes of at least 4 members (excludes halogenated alkanes) is 18. The molecule has 2 atom stereocenters. The third-order valence-corrected chi connectivity index (χ3v) is 9.26. The molecule has 3 N–H and O–H groups in total. The lowest BCUT2D eigenvalue weighted by molar-refractivity contribution is -0.161. The molecule has 50 heavy (non-hydrogen) atoms. The van der Waals surface area contributed by atoms with E-state index in [1.165, 1.54) is 83.5 Å². The maximum atomic E-state index is 12.5. The van der Waals surface area contributed by atoms with E-state index < -0.39 is 26.5 Å². The maximum Gasteiger partial charge on any atom is 0.472 e. The summed E-state index contributed by atoms with van der Waals surface area (Å²) in [6.45, 7) is 3.67. The van der Waals surface area contributed by atoms with Gasteiger partial charge in [0.05, 0.1) is 13.2 Å². The summed E-state index contributed by atoms with van der Waals surface area (Å²) in [5.74, 6) is -0.853. The van der Waals surface area contributed by atoms with Gasteiger partial charge in [-0.3, -0.25) is 18.6 Å². The van der Waals surface area contributed by atoms with Gasteiger partial charge in [-0.1, -0.05) is 147 Å². The number of carbonyl (C=O) groups is 2. The number of hydrogen-bond acceptors (Lipinski definition) is 8. The highest BCUT2D eigenvalue weighted by Gasteiger charge is 2.25. The van der Waals surface area contributed by atoms with Gasteiger partial charge in [0.1, 0.15) is 6.61 Å². The average Bonchev–Trinajstić information content (AvgIpc) is 3.10. The van der Waals surface area contributed by atoms with E-state index in [4.69, 9.17) is 24.3 Å². The summed E-state index contributed by atoms with van der Waals surface area (Å²) in [6, 6.07) is 0. The van der Waals surface area contributed by atoms with Crippen LogP contribution in [0.4, 0.5) is 0 Å². The fourth-order valence-electron chi connectivity index (χ4n) is 5.29. The van der Waals surface area contributed by atoms with Crippen molar-refractivity contribution in [2.24, 2.45) is 5.73 Å². The van der Waals surface area contributed by atoms with Gasteiger partial charge in [0.25, 0.3) is 0 Å². The Bertz CT molecular complexity index is 923. The Balaban J connectivity index is 4.25. The number of allylic oxidation sites excluding steroid dienone is 6. The lowest BCUT2D eigenvalue weighted by Crippen LogP contribution is -2.29. The summed E-state index contributed by atoms with van der Waals surface area (Å²) >= 11 is 0. The third kappa shape index (κ3) is 36.0. The number of carbonyl (C=O) groups excluding carboxylic acids is 2. The van der Waals surface area contributed by atoms with Gasteiger partial charge in [-0.2, -0.15) is 0 Å². The monoisotopic (exact) mass is 728 g/mol. The van der Waals surface area contributed by atoms with Gasteiger partial charge in [0.2, 0.25) is 0 Å². The van der Waals surface area contributed by atoms with Crippen molar-refractivity contribution in [2.45, 2.75) is 180 Å². The molecule has 0 aromatic heterocycles. The first-order chi connectivity index (χ1) is 24.3. The van der Waals surface area contributed by atoms with Crippen LogP contribution in [-0.2, 0) is 32.7 Å². The fourth-order valence-corrected chi connectivity index (χ4v) is 6.05. The topological polar surface area (TPSA) is 134 Å². The van der Waals surface area contributed by atoms with Gasteiger partial charge in [-0.25, -0.2) is 4.57 Å². The van der Waals surface area contributed by atoms with Crippen molar-refractivity contribution in [1.82, 2.24) is 0 Å². The van der Waals surface area contributed by atoms with Crippen LogP contribution >= 0.6 is 7.82 Å². The number of esters is 2. The Hall–Kier alpha value is -1.77. The smallest absolute Gasteiger partial charge is 0.462 e. The van der Waals surface area contributed by atoms with Crippen molar-refractivity contribution >= 4 is 19.8 Å². The molecule has 0 aliphatic rings. The van der Waals surface area contributed by atoms with Crippen LogP contribution in [0.1, 0.15) is 174 Å². The van der Waals surface area contributed by atoms with E-state index in [0.29, 0.717) is 6.42 Å². The zero-order chi connectivity index (χ0) is 36.8. The Labute approximate surface area is 305 Å². The molecule has 0 radical (unpaired) electrons. The molecule has 0 aromatic rings. The van der Waals surface area contributed by atoms with Crippen molar-refractivity contribution in [1.29, 1.82) is 0 Å². The number of ether oxygens (including phenoxy) is 2. The molecule has 0 aliphatic heterocycles. The highest BCUT2D eigenvalue weighted by Crippen LogP contribution is 2.43. The second-order valence-electron chi connectivity index (χ2n) is 13.2. The van der Waals surface area contributed by atoms with Crippen molar-refractivity contribution < 1.29 is 37.6 Å². The summed E-state index contributed by atoms with van der Waals surface area (Å²) in [5.41, 5.74) is 5.33. The third-order valence-electron chi connectivity index (χ3n) is 8.28. The van der Waals surface area contributed by atoms with Crippen LogP contribution in [0.2, 0.25) is 0 Å². The molecule has 1 unspecified atom stereocenters. The number of rotatable bonds is 37. The van der Waals surface area contributed by atoms with Gasteiger partial charge < -0.3 is 20.1 Å². The molecule has 0 fully saturated rings. The summed E-state index contributed by atoms with van der Waals surface area (Å²) in [4.78, 5) is 34.7. The second-order valence-corrected chi connectivity index (χ2v) is 14.6. The molecule has 0 aliphatic carbocycles. The van der Waals surface area contributed by atoms with Gasteiger partial charge in [-0.15, -0.1) is 0 Å². The number of hydrogen-bond donors (Lipinski definition) is 2. The Morgan fingerprint density at radius 3 is 1.58 bits per heavy atom. The van der Waals surface area contributed by atoms with Crippen molar-refractivity contribution in [3.8, 4) is 0 Å². The van der Waals surface area contributed by atoms with E-state index in [1.54, 1.807) is 0 Å². The molecular weight excluding hydrogens is 653 g/mol. The molecule has 9 nitrogen and oxygen atoms in total. The first kappa shape index (κ1) is 48.2. The van der Waals surface area contributed by atoms with Crippen molar-refractivity contribution in [2.75, 3.05) is 26.4 Å². The molecule has 0 saturated carbocycles. The van der Waals surface area contributed by atoms with Crippen molar-refractivity contribution in [3.63, 3.8) is 0 Å². The fraction of sp³-hybridized carbons (Fsp3) is 0.800. The van der Waals surface area contributed by atoms with E-state index >= 15 is 0 Å². The lowest BCUT2D eigenvalue weighted by Gasteiger charge is -2.19. The molecule has 10 heteroatoms. The Morgan fingerprint density at radius 2 is 1.04 bits per heavy atom. The van der Waals surface area contributed by atoms with Crippen LogP contribution in [0.15, 0.2) is 36.5 Å². The van der Waals surface area contributed by atoms with E-state index in [9.17, 15) is 19.0 Å². The van der Waals surface area contributed by atoms with Gasteiger partial charge >= 0.3 is 19.8 Å². The molecule has 0 saturated heterocycles. The largest absolute Gasteiger partial charge is 0.472 e. The highest BCUT2D eigenvalue weighted by atomic mass is 31.2. The van der Waals surface area contributed by atoms with Crippen LogP contribution in [0, 0.1) is 0 Å². The average molecular weight is 728 g/mol. The SMILES string of the molecule is CCCCC/C=C/C/C=C/C/C=C/CCCCCCC(=O)O[C@H](COC(=O)CCCCCCCCCCCCCC)COP(=O)(O)OCCN. The van der Waals surface area contributed by atoms with Crippen LogP contribution in [0.3, 0.4) is 0 Å². The summed E-state index contributed by atoms with van der Waals surface area (Å²) < 4.78 is 32.7. The minimum Gasteiger partial charge on any atom is -0.462 e. The number of phosphoric ester groups is 1. The van der Waals surface area contributed by atoms with Crippen LogP contribution in [0.5, 0.6) is 0 Å². The Kier molecular flexibility index (Phi) is 35.7. The highest BCUT2D eigenvalue weighted by molar-refractivity contribution is 7.47. The van der Waals surface area contributed by atoms with E-state index in [2.05, 4.69) is 50.3 Å². The first-order valence-electron chi connectivity index (χ1n) is 20.0. The molecule has 0 spiro atoms. The molecule has 0 aromatic carbocycles. The zero-order valence-corrected chi connectivity index (χ0v) is 32.8. The maximum absolute atomic E-state index is 12.5. The first-order valence-corrected chi connectivity index (χ1v) is 21.5. The summed E-state index contributed by atoms with van der Waals surface area (Å²) in [5, 5.41) is 0. The summed E-state index contributed by atoms with van der Waals surface area (Å²) in [7, 11) is -4.38. The number of phosphoric acid groups is 1. The van der Waals surface area contributed by atoms with E-state index in [0.717, 1.165) is 57.8 Å². The van der Waals surface area contributed by atoms with Crippen LogP contribution < -0.4 is 5.73 Å². The van der Waals surface area contributed by atoms with Crippen LogP contribution in [-0.4, -0.2) is 49.3 Å². The normalized spacial score (nSPS) is 13.8.